The van der Waals surface area contributed by atoms with Gasteiger partial charge in [0.05, 0.1) is 15.9 Å². The maximum atomic E-state index is 6.44. The summed E-state index contributed by atoms with van der Waals surface area (Å²) >= 11 is 3.60. The molecule has 0 spiro atoms. The lowest BCUT2D eigenvalue weighted by Gasteiger charge is -2.41. The Kier molecular flexibility index (Phi) is 4.98. The molecular formula is C13H25BrN4. The van der Waals surface area contributed by atoms with Crippen molar-refractivity contribution in [3.05, 3.63) is 15.9 Å². The van der Waals surface area contributed by atoms with Gasteiger partial charge in [-0.15, -0.1) is 0 Å². The van der Waals surface area contributed by atoms with Crippen molar-refractivity contribution in [1.29, 1.82) is 0 Å². The molecular weight excluding hydrogens is 292 g/mol. The van der Waals surface area contributed by atoms with Crippen LogP contribution in [0.25, 0.3) is 0 Å². The second-order valence-electron chi connectivity index (χ2n) is 5.39. The number of likely N-dealkylation sites (N-methyl/N-ethyl adjacent to an activating group) is 1. The molecule has 0 aromatic carbocycles. The third-order valence-electron chi connectivity index (χ3n) is 4.21. The summed E-state index contributed by atoms with van der Waals surface area (Å²) in [5.74, 6) is 0. The highest BCUT2D eigenvalue weighted by molar-refractivity contribution is 9.10. The van der Waals surface area contributed by atoms with Crippen molar-refractivity contribution in [2.75, 3.05) is 14.1 Å². The molecule has 1 aromatic heterocycles. The van der Waals surface area contributed by atoms with Crippen molar-refractivity contribution in [2.24, 2.45) is 12.8 Å². The van der Waals surface area contributed by atoms with Gasteiger partial charge in [-0.3, -0.25) is 4.68 Å². The van der Waals surface area contributed by atoms with E-state index in [0.717, 1.165) is 23.0 Å². The molecule has 0 aliphatic rings. The van der Waals surface area contributed by atoms with Gasteiger partial charge in [-0.1, -0.05) is 6.92 Å². The maximum absolute atomic E-state index is 6.44. The molecule has 104 valence electrons. The fourth-order valence-electron chi connectivity index (χ4n) is 2.24. The molecule has 0 amide bonds. The van der Waals surface area contributed by atoms with E-state index < -0.39 is 0 Å². The highest BCUT2D eigenvalue weighted by Crippen LogP contribution is 2.26. The molecule has 0 aliphatic heterocycles. The van der Waals surface area contributed by atoms with Crippen LogP contribution in [0.3, 0.4) is 0 Å². The van der Waals surface area contributed by atoms with E-state index in [1.807, 2.05) is 18.7 Å². The van der Waals surface area contributed by atoms with E-state index in [4.69, 9.17) is 5.73 Å². The molecule has 1 heterocycles. The van der Waals surface area contributed by atoms with Gasteiger partial charge >= 0.3 is 0 Å². The van der Waals surface area contributed by atoms with Crippen molar-refractivity contribution < 1.29 is 0 Å². The van der Waals surface area contributed by atoms with Crippen LogP contribution in [0.2, 0.25) is 0 Å². The minimum atomic E-state index is -0.00237. The highest BCUT2D eigenvalue weighted by atomic mass is 79.9. The maximum Gasteiger partial charge on any atom is 0.0738 e. The van der Waals surface area contributed by atoms with Crippen molar-refractivity contribution in [3.63, 3.8) is 0 Å². The Balaban J connectivity index is 2.97. The van der Waals surface area contributed by atoms with Crippen LogP contribution in [0.15, 0.2) is 4.47 Å². The Morgan fingerprint density at radius 1 is 1.50 bits per heavy atom. The largest absolute Gasteiger partial charge is 0.326 e. The van der Waals surface area contributed by atoms with E-state index in [9.17, 15) is 0 Å². The lowest BCUT2D eigenvalue weighted by Crippen LogP contribution is -2.56. The van der Waals surface area contributed by atoms with Gasteiger partial charge in [-0.05, 0) is 50.3 Å². The van der Waals surface area contributed by atoms with Crippen molar-refractivity contribution >= 4 is 15.9 Å². The lowest BCUT2D eigenvalue weighted by atomic mass is 9.86. The van der Waals surface area contributed by atoms with Gasteiger partial charge in [0.25, 0.3) is 0 Å². The molecule has 5 heteroatoms. The molecule has 0 fully saturated rings. The average molecular weight is 317 g/mol. The van der Waals surface area contributed by atoms with Gasteiger partial charge in [0, 0.05) is 25.0 Å². The molecule has 0 aliphatic carbocycles. The summed E-state index contributed by atoms with van der Waals surface area (Å²) in [6.07, 6.45) is 1.84. The second-order valence-corrected chi connectivity index (χ2v) is 6.18. The summed E-state index contributed by atoms with van der Waals surface area (Å²) in [6.45, 7) is 6.41. The zero-order valence-electron chi connectivity index (χ0n) is 12.3. The molecule has 0 saturated heterocycles. The van der Waals surface area contributed by atoms with E-state index in [2.05, 4.69) is 53.9 Å². The number of halogens is 1. The molecule has 2 atom stereocenters. The summed E-state index contributed by atoms with van der Waals surface area (Å²) in [5.41, 5.74) is 8.62. The van der Waals surface area contributed by atoms with Gasteiger partial charge in [-0.2, -0.15) is 5.10 Å². The molecule has 2 unspecified atom stereocenters. The predicted octanol–water partition coefficient (Wildman–Crippen LogP) is 2.09. The number of hydrogen-bond donors (Lipinski definition) is 1. The van der Waals surface area contributed by atoms with E-state index in [1.165, 1.54) is 5.69 Å². The Labute approximate surface area is 119 Å². The quantitative estimate of drug-likeness (QED) is 0.904. The third-order valence-corrected chi connectivity index (χ3v) is 5.24. The SMILES string of the molecule is CCC(C)(C(N)Cc1c(Br)c(C)nn1C)N(C)C. The van der Waals surface area contributed by atoms with Crippen molar-refractivity contribution in [1.82, 2.24) is 14.7 Å². The van der Waals surface area contributed by atoms with E-state index in [-0.39, 0.29) is 11.6 Å². The summed E-state index contributed by atoms with van der Waals surface area (Å²) < 4.78 is 3.00. The van der Waals surface area contributed by atoms with Crippen LogP contribution in [0, 0.1) is 6.92 Å². The van der Waals surface area contributed by atoms with Crippen LogP contribution in [0.4, 0.5) is 0 Å². The zero-order chi connectivity index (χ0) is 14.1. The normalized spacial score (nSPS) is 16.9. The monoisotopic (exact) mass is 316 g/mol. The molecule has 1 rings (SSSR count). The van der Waals surface area contributed by atoms with Gasteiger partial charge in [0.1, 0.15) is 0 Å². The second kappa shape index (κ2) is 5.72. The molecule has 0 bridgehead atoms. The first-order chi connectivity index (χ1) is 8.24. The number of rotatable bonds is 5. The summed E-state index contributed by atoms with van der Waals surface area (Å²) in [6, 6.07) is 0.0728. The fraction of sp³-hybridized carbons (Fsp3) is 0.769. The van der Waals surface area contributed by atoms with Gasteiger partial charge in [-0.25, -0.2) is 0 Å². The third kappa shape index (κ3) is 2.78. The van der Waals surface area contributed by atoms with Crippen LogP contribution in [0.1, 0.15) is 31.7 Å². The van der Waals surface area contributed by atoms with Crippen LogP contribution in [-0.2, 0) is 13.5 Å². The zero-order valence-corrected chi connectivity index (χ0v) is 13.9. The van der Waals surface area contributed by atoms with Crippen molar-refractivity contribution in [3.8, 4) is 0 Å². The highest BCUT2D eigenvalue weighted by Gasteiger charge is 2.33. The summed E-state index contributed by atoms with van der Waals surface area (Å²) in [5, 5.41) is 4.42. The number of aryl methyl sites for hydroxylation is 2. The van der Waals surface area contributed by atoms with Crippen molar-refractivity contribution in [2.45, 2.75) is 45.2 Å². The Morgan fingerprint density at radius 2 is 2.06 bits per heavy atom. The molecule has 1 aromatic rings. The summed E-state index contributed by atoms with van der Waals surface area (Å²) in [7, 11) is 6.15. The average Bonchev–Trinajstić information content (AvgIpc) is 2.54. The van der Waals surface area contributed by atoms with Crippen LogP contribution in [0.5, 0.6) is 0 Å². The topological polar surface area (TPSA) is 47.1 Å². The van der Waals surface area contributed by atoms with Crippen LogP contribution >= 0.6 is 15.9 Å². The van der Waals surface area contributed by atoms with Gasteiger partial charge < -0.3 is 10.6 Å². The molecule has 0 radical (unpaired) electrons. The smallest absolute Gasteiger partial charge is 0.0738 e. The van der Waals surface area contributed by atoms with E-state index >= 15 is 0 Å². The number of nitrogens with two attached hydrogens (primary N) is 1. The first-order valence-corrected chi connectivity index (χ1v) is 7.14. The number of aromatic nitrogens is 2. The summed E-state index contributed by atoms with van der Waals surface area (Å²) in [4.78, 5) is 2.22. The first-order valence-electron chi connectivity index (χ1n) is 6.35. The molecule has 4 nitrogen and oxygen atoms in total. The fourth-order valence-corrected chi connectivity index (χ4v) is 2.74. The number of nitrogens with zero attached hydrogens (tertiary/aromatic N) is 3. The minimum Gasteiger partial charge on any atom is -0.326 e. The molecule has 0 saturated carbocycles. The van der Waals surface area contributed by atoms with Gasteiger partial charge in [0.2, 0.25) is 0 Å². The Hall–Kier alpha value is -0.390. The Morgan fingerprint density at radius 3 is 2.39 bits per heavy atom. The minimum absolute atomic E-state index is 0.00237. The first kappa shape index (κ1) is 15.7. The molecule has 2 N–H and O–H groups in total. The van der Waals surface area contributed by atoms with Crippen LogP contribution < -0.4 is 5.73 Å². The molecule has 18 heavy (non-hydrogen) atoms. The van der Waals surface area contributed by atoms with Crippen LogP contribution in [-0.4, -0.2) is 40.4 Å². The number of hydrogen-bond acceptors (Lipinski definition) is 3. The van der Waals surface area contributed by atoms with Gasteiger partial charge in [0.15, 0.2) is 0 Å². The lowest BCUT2D eigenvalue weighted by molar-refractivity contribution is 0.130. The predicted molar refractivity (Wildman–Crippen MR) is 79.7 cm³/mol. The standard InChI is InChI=1S/C13H25BrN4/c1-7-13(3,17(4)5)11(15)8-10-12(14)9(2)16-18(10)6/h11H,7-8,15H2,1-6H3. The Bertz CT molecular complexity index is 413. The van der Waals surface area contributed by atoms with E-state index in [1.54, 1.807) is 0 Å². The van der Waals surface area contributed by atoms with E-state index in [0.29, 0.717) is 0 Å².